The zero-order valence-electron chi connectivity index (χ0n) is 10.7. The van der Waals surface area contributed by atoms with Gasteiger partial charge in [-0.15, -0.1) is 5.10 Å². The molecular weight excluding hydrogens is 262 g/mol. The molecule has 2 aromatic rings. The number of aromatic amines is 1. The highest BCUT2D eigenvalue weighted by Gasteiger charge is 2.20. The molecule has 0 aliphatic carbocycles. The second-order valence-corrected chi connectivity index (χ2v) is 5.03. The Morgan fingerprint density at radius 3 is 3.11 bits per heavy atom. The van der Waals surface area contributed by atoms with Crippen molar-refractivity contribution >= 4 is 30.0 Å². The summed E-state index contributed by atoms with van der Waals surface area (Å²) in [6.07, 6.45) is 5.67. The van der Waals surface area contributed by atoms with Gasteiger partial charge in [-0.3, -0.25) is 9.36 Å². The number of aryl methyl sites for hydroxylation is 1. The van der Waals surface area contributed by atoms with Crippen molar-refractivity contribution in [3.05, 3.63) is 20.7 Å². The summed E-state index contributed by atoms with van der Waals surface area (Å²) in [6.45, 7) is 2.96. The van der Waals surface area contributed by atoms with Gasteiger partial charge >= 0.3 is 0 Å². The third kappa shape index (κ3) is 1.85. The number of H-pyrrole nitrogens is 1. The maximum atomic E-state index is 12.3. The summed E-state index contributed by atoms with van der Waals surface area (Å²) in [5.74, 6) is 1.30. The first kappa shape index (κ1) is 12.3. The quantitative estimate of drug-likeness (QED) is 0.686. The largest absolute Gasteiger partial charge is 0.294 e. The Morgan fingerprint density at radius 1 is 1.47 bits per heavy atom. The molecule has 0 atom stereocenters. The summed E-state index contributed by atoms with van der Waals surface area (Å²) in [7, 11) is 0. The minimum absolute atomic E-state index is 0.104. The van der Waals surface area contributed by atoms with Crippen molar-refractivity contribution in [2.24, 2.45) is 4.99 Å². The van der Waals surface area contributed by atoms with Gasteiger partial charge in [-0.25, -0.2) is 14.5 Å². The summed E-state index contributed by atoms with van der Waals surface area (Å²) >= 11 is 5.13. The minimum Gasteiger partial charge on any atom is -0.294 e. The smallest absolute Gasteiger partial charge is 0.267 e. The predicted molar refractivity (Wildman–Crippen MR) is 76.0 cm³/mol. The predicted octanol–water partition coefficient (Wildman–Crippen LogP) is 2.00. The van der Waals surface area contributed by atoms with Crippen molar-refractivity contribution in [1.29, 1.82) is 0 Å². The molecule has 6 nitrogen and oxygen atoms in total. The van der Waals surface area contributed by atoms with Gasteiger partial charge in [0.05, 0.1) is 5.56 Å². The average Bonchev–Trinajstić information content (AvgIpc) is 3.01. The molecule has 1 aliphatic heterocycles. The van der Waals surface area contributed by atoms with Crippen LogP contribution in [0.5, 0.6) is 0 Å². The lowest BCUT2D eigenvalue weighted by Gasteiger charge is -2.11. The van der Waals surface area contributed by atoms with Crippen molar-refractivity contribution < 1.29 is 0 Å². The molecule has 0 unspecified atom stereocenters. The SMILES string of the molecule is CCCCCn1c2c(c(=O)n3c(=S)[nH]nc13)CC=N2. The van der Waals surface area contributed by atoms with Crippen molar-refractivity contribution in [2.75, 3.05) is 0 Å². The van der Waals surface area contributed by atoms with E-state index in [1.165, 1.54) is 4.40 Å². The highest BCUT2D eigenvalue weighted by atomic mass is 32.1. The Kier molecular flexibility index (Phi) is 3.06. The average molecular weight is 277 g/mol. The molecule has 1 N–H and O–H groups in total. The summed E-state index contributed by atoms with van der Waals surface area (Å²) in [6, 6.07) is 0. The Balaban J connectivity index is 2.24. The molecule has 0 saturated heterocycles. The van der Waals surface area contributed by atoms with E-state index < -0.39 is 0 Å². The van der Waals surface area contributed by atoms with Crippen molar-refractivity contribution in [2.45, 2.75) is 39.2 Å². The van der Waals surface area contributed by atoms with E-state index in [0.29, 0.717) is 22.5 Å². The first-order valence-electron chi connectivity index (χ1n) is 6.49. The van der Waals surface area contributed by atoms with Gasteiger partial charge in [0.2, 0.25) is 10.5 Å². The molecule has 2 aromatic heterocycles. The number of fused-ring (bicyclic) bond motifs is 2. The molecule has 7 heteroatoms. The Hall–Kier alpha value is -1.76. The van der Waals surface area contributed by atoms with Crippen LogP contribution in [0, 0.1) is 4.77 Å². The number of hydrogen-bond donors (Lipinski definition) is 1. The van der Waals surface area contributed by atoms with Crippen LogP contribution in [0.2, 0.25) is 0 Å². The maximum Gasteiger partial charge on any atom is 0.267 e. The molecular formula is C12H15N5OS. The van der Waals surface area contributed by atoms with Gasteiger partial charge in [0.25, 0.3) is 5.56 Å². The Morgan fingerprint density at radius 2 is 2.32 bits per heavy atom. The van der Waals surface area contributed by atoms with E-state index in [1.54, 1.807) is 6.21 Å². The minimum atomic E-state index is -0.104. The number of nitrogens with one attached hydrogen (secondary N) is 1. The fourth-order valence-electron chi connectivity index (χ4n) is 2.42. The third-order valence-corrected chi connectivity index (χ3v) is 3.65. The lowest BCUT2D eigenvalue weighted by molar-refractivity contribution is 0.603. The Labute approximate surface area is 114 Å². The topological polar surface area (TPSA) is 67.5 Å². The maximum absolute atomic E-state index is 12.3. The van der Waals surface area contributed by atoms with Crippen LogP contribution >= 0.6 is 12.2 Å². The number of aromatic nitrogens is 4. The standard InChI is InChI=1S/C12H15N5OS/c1-2-3-4-7-16-9-8(5-6-13-9)10(18)17-11(16)14-15-12(17)19/h6H,2-5,7H2,1H3,(H,15,19). The van der Waals surface area contributed by atoms with E-state index in [2.05, 4.69) is 22.1 Å². The molecule has 1 aliphatic rings. The van der Waals surface area contributed by atoms with Crippen molar-refractivity contribution in [3.63, 3.8) is 0 Å². The zero-order valence-corrected chi connectivity index (χ0v) is 11.5. The van der Waals surface area contributed by atoms with Gasteiger partial charge in [0.1, 0.15) is 5.82 Å². The second-order valence-electron chi connectivity index (χ2n) is 4.65. The van der Waals surface area contributed by atoms with Crippen molar-refractivity contribution in [1.82, 2.24) is 19.2 Å². The van der Waals surface area contributed by atoms with Crippen LogP contribution < -0.4 is 5.56 Å². The lowest BCUT2D eigenvalue weighted by atomic mass is 10.2. The van der Waals surface area contributed by atoms with E-state index in [-0.39, 0.29) is 5.56 Å². The van der Waals surface area contributed by atoms with Gasteiger partial charge in [-0.2, -0.15) is 0 Å². The number of nitrogens with zero attached hydrogens (tertiary/aromatic N) is 4. The van der Waals surface area contributed by atoms with Gasteiger partial charge in [-0.05, 0) is 18.6 Å². The van der Waals surface area contributed by atoms with Crippen LogP contribution in [0.15, 0.2) is 9.79 Å². The van der Waals surface area contributed by atoms with Gasteiger partial charge in [0, 0.05) is 19.2 Å². The molecule has 0 spiro atoms. The Bertz CT molecular complexity index is 767. The van der Waals surface area contributed by atoms with E-state index in [0.717, 1.165) is 31.6 Å². The highest BCUT2D eigenvalue weighted by Crippen LogP contribution is 2.23. The van der Waals surface area contributed by atoms with E-state index >= 15 is 0 Å². The summed E-state index contributed by atoms with van der Waals surface area (Å²) in [5, 5.41) is 6.86. The molecule has 0 fully saturated rings. The monoisotopic (exact) mass is 277 g/mol. The highest BCUT2D eigenvalue weighted by molar-refractivity contribution is 7.71. The molecule has 100 valence electrons. The number of rotatable bonds is 4. The van der Waals surface area contributed by atoms with E-state index in [1.807, 2.05) is 4.57 Å². The van der Waals surface area contributed by atoms with Crippen LogP contribution in [0.4, 0.5) is 5.82 Å². The van der Waals surface area contributed by atoms with Crippen LogP contribution in [0.3, 0.4) is 0 Å². The first-order valence-corrected chi connectivity index (χ1v) is 6.90. The zero-order chi connectivity index (χ0) is 13.4. The molecule has 0 radical (unpaired) electrons. The number of aliphatic imine (C=N–C) groups is 1. The molecule has 0 amide bonds. The van der Waals surface area contributed by atoms with E-state index in [4.69, 9.17) is 12.2 Å². The van der Waals surface area contributed by atoms with Crippen LogP contribution in [0.1, 0.15) is 31.7 Å². The van der Waals surface area contributed by atoms with Gasteiger partial charge in [-0.1, -0.05) is 19.8 Å². The fraction of sp³-hybridized carbons (Fsp3) is 0.500. The molecule has 0 bridgehead atoms. The van der Waals surface area contributed by atoms with Crippen LogP contribution in [0.25, 0.3) is 5.78 Å². The molecule has 0 saturated carbocycles. The second kappa shape index (κ2) is 4.73. The lowest BCUT2D eigenvalue weighted by Crippen LogP contribution is -2.22. The summed E-state index contributed by atoms with van der Waals surface area (Å²) < 4.78 is 3.80. The van der Waals surface area contributed by atoms with Gasteiger partial charge in [0.15, 0.2) is 0 Å². The van der Waals surface area contributed by atoms with Crippen molar-refractivity contribution in [3.8, 4) is 0 Å². The fourth-order valence-corrected chi connectivity index (χ4v) is 2.63. The van der Waals surface area contributed by atoms with Crippen LogP contribution in [-0.2, 0) is 13.0 Å². The molecule has 0 aromatic carbocycles. The molecule has 19 heavy (non-hydrogen) atoms. The van der Waals surface area contributed by atoms with E-state index in [9.17, 15) is 4.79 Å². The summed E-state index contributed by atoms with van der Waals surface area (Å²) in [4.78, 5) is 16.7. The van der Waals surface area contributed by atoms with Gasteiger partial charge < -0.3 is 0 Å². The first-order chi connectivity index (χ1) is 9.24. The summed E-state index contributed by atoms with van der Waals surface area (Å²) in [5.41, 5.74) is 0.606. The van der Waals surface area contributed by atoms with Crippen LogP contribution in [-0.4, -0.2) is 25.4 Å². The normalized spacial score (nSPS) is 13.3. The third-order valence-electron chi connectivity index (χ3n) is 3.38. The molecule has 3 rings (SSSR count). The number of unbranched alkanes of at least 4 members (excludes halogenated alkanes) is 2. The number of hydrogen-bond acceptors (Lipinski definition) is 4. The molecule has 3 heterocycles.